The quantitative estimate of drug-likeness (QED) is 0.591. The molecule has 1 aromatic carbocycles. The van der Waals surface area contributed by atoms with Crippen LogP contribution in [0.3, 0.4) is 0 Å². The van der Waals surface area contributed by atoms with Crippen LogP contribution in [0.1, 0.15) is 13.8 Å². The SMILES string of the molecule is CCNC(=O)/C(=C/C(=O)OC)Nc1ccc(OCC)cc1. The number of amides is 1. The summed E-state index contributed by atoms with van der Waals surface area (Å²) in [6.07, 6.45) is 1.11. The predicted molar refractivity (Wildman–Crippen MR) is 80.0 cm³/mol. The zero-order chi connectivity index (χ0) is 15.7. The molecule has 21 heavy (non-hydrogen) atoms. The summed E-state index contributed by atoms with van der Waals surface area (Å²) in [6.45, 7) is 4.74. The lowest BCUT2D eigenvalue weighted by Crippen LogP contribution is -2.28. The number of nitrogens with one attached hydrogen (secondary N) is 2. The van der Waals surface area contributed by atoms with Gasteiger partial charge in [-0.1, -0.05) is 0 Å². The van der Waals surface area contributed by atoms with Gasteiger partial charge in [-0.3, -0.25) is 4.79 Å². The first-order chi connectivity index (χ1) is 10.1. The van der Waals surface area contributed by atoms with Crippen molar-refractivity contribution in [2.75, 3.05) is 25.6 Å². The molecule has 1 aromatic rings. The first-order valence-corrected chi connectivity index (χ1v) is 6.68. The minimum Gasteiger partial charge on any atom is -0.494 e. The second-order valence-electron chi connectivity index (χ2n) is 4.02. The summed E-state index contributed by atoms with van der Waals surface area (Å²) in [7, 11) is 1.26. The molecule has 0 heterocycles. The molecule has 1 amide bonds. The van der Waals surface area contributed by atoms with Crippen molar-refractivity contribution < 1.29 is 19.1 Å². The Morgan fingerprint density at radius 1 is 1.19 bits per heavy atom. The second kappa shape index (κ2) is 8.63. The maximum absolute atomic E-state index is 11.9. The first kappa shape index (κ1) is 16.6. The third-order valence-corrected chi connectivity index (χ3v) is 2.49. The van der Waals surface area contributed by atoms with Gasteiger partial charge >= 0.3 is 5.97 Å². The van der Waals surface area contributed by atoms with Crippen molar-refractivity contribution in [2.24, 2.45) is 0 Å². The number of rotatable bonds is 7. The van der Waals surface area contributed by atoms with Crippen LogP contribution < -0.4 is 15.4 Å². The van der Waals surface area contributed by atoms with E-state index >= 15 is 0 Å². The van der Waals surface area contributed by atoms with Gasteiger partial charge in [0.25, 0.3) is 5.91 Å². The minimum atomic E-state index is -0.602. The molecular weight excluding hydrogens is 272 g/mol. The van der Waals surface area contributed by atoms with Gasteiger partial charge in [-0.15, -0.1) is 0 Å². The van der Waals surface area contributed by atoms with Gasteiger partial charge in [0.15, 0.2) is 0 Å². The molecule has 2 N–H and O–H groups in total. The molecule has 6 nitrogen and oxygen atoms in total. The topological polar surface area (TPSA) is 76.7 Å². The number of carbonyl (C=O) groups is 2. The molecule has 0 aromatic heterocycles. The highest BCUT2D eigenvalue weighted by Gasteiger charge is 2.11. The molecular formula is C15H20N2O4. The van der Waals surface area contributed by atoms with Gasteiger partial charge < -0.3 is 20.1 Å². The molecule has 0 aliphatic carbocycles. The highest BCUT2D eigenvalue weighted by Crippen LogP contribution is 2.17. The standard InChI is InChI=1S/C15H20N2O4/c1-4-16-15(19)13(10-14(18)20-3)17-11-6-8-12(9-7-11)21-5-2/h6-10,17H,4-5H2,1-3H3,(H,16,19)/b13-10-. The molecule has 0 spiro atoms. The van der Waals surface area contributed by atoms with Crippen molar-refractivity contribution in [2.45, 2.75) is 13.8 Å². The van der Waals surface area contributed by atoms with E-state index in [0.717, 1.165) is 11.8 Å². The van der Waals surface area contributed by atoms with Crippen molar-refractivity contribution in [3.05, 3.63) is 36.0 Å². The number of benzene rings is 1. The molecule has 1 rings (SSSR count). The number of hydrogen-bond donors (Lipinski definition) is 2. The molecule has 6 heteroatoms. The number of esters is 1. The van der Waals surface area contributed by atoms with Crippen LogP contribution >= 0.6 is 0 Å². The van der Waals surface area contributed by atoms with E-state index < -0.39 is 5.97 Å². The number of anilines is 1. The Morgan fingerprint density at radius 3 is 2.38 bits per heavy atom. The summed E-state index contributed by atoms with van der Waals surface area (Å²) in [6, 6.07) is 7.07. The van der Waals surface area contributed by atoms with Gasteiger partial charge in [-0.2, -0.15) is 0 Å². The van der Waals surface area contributed by atoms with E-state index in [1.165, 1.54) is 7.11 Å². The monoisotopic (exact) mass is 292 g/mol. The summed E-state index contributed by atoms with van der Waals surface area (Å²) in [5.74, 6) is -0.244. The first-order valence-electron chi connectivity index (χ1n) is 6.68. The molecule has 0 atom stereocenters. The average molecular weight is 292 g/mol. The smallest absolute Gasteiger partial charge is 0.332 e. The fourth-order valence-corrected chi connectivity index (χ4v) is 1.55. The number of ether oxygens (including phenoxy) is 2. The van der Waals surface area contributed by atoms with Crippen LogP contribution in [0.15, 0.2) is 36.0 Å². The van der Waals surface area contributed by atoms with E-state index in [1.807, 2.05) is 6.92 Å². The number of carbonyl (C=O) groups excluding carboxylic acids is 2. The van der Waals surface area contributed by atoms with Gasteiger partial charge in [-0.25, -0.2) is 4.79 Å². The molecule has 0 aliphatic rings. The summed E-state index contributed by atoms with van der Waals surface area (Å²) in [4.78, 5) is 23.2. The molecule has 0 unspecified atom stereocenters. The van der Waals surface area contributed by atoms with E-state index in [9.17, 15) is 9.59 Å². The van der Waals surface area contributed by atoms with Gasteiger partial charge in [0.2, 0.25) is 0 Å². The maximum atomic E-state index is 11.9. The summed E-state index contributed by atoms with van der Waals surface area (Å²) in [5.41, 5.74) is 0.785. The normalized spacial score (nSPS) is 10.7. The number of likely N-dealkylation sites (N-methyl/N-ethyl adjacent to an activating group) is 1. The molecule has 0 aliphatic heterocycles. The lowest BCUT2D eigenvalue weighted by Gasteiger charge is -2.11. The maximum Gasteiger partial charge on any atom is 0.332 e. The Balaban J connectivity index is 2.87. The summed E-state index contributed by atoms with van der Waals surface area (Å²) >= 11 is 0. The zero-order valence-electron chi connectivity index (χ0n) is 12.4. The lowest BCUT2D eigenvalue weighted by atomic mass is 10.2. The van der Waals surface area contributed by atoms with Crippen LogP contribution in [0.2, 0.25) is 0 Å². The lowest BCUT2D eigenvalue weighted by molar-refractivity contribution is -0.135. The fraction of sp³-hybridized carbons (Fsp3) is 0.333. The van der Waals surface area contributed by atoms with Gasteiger partial charge in [0.05, 0.1) is 19.8 Å². The van der Waals surface area contributed by atoms with Crippen LogP contribution in [-0.2, 0) is 14.3 Å². The zero-order valence-corrected chi connectivity index (χ0v) is 12.4. The van der Waals surface area contributed by atoms with E-state index in [1.54, 1.807) is 31.2 Å². The Labute approximate surface area is 124 Å². The number of hydrogen-bond acceptors (Lipinski definition) is 5. The molecule has 0 fully saturated rings. The van der Waals surface area contributed by atoms with E-state index in [4.69, 9.17) is 4.74 Å². The Hall–Kier alpha value is -2.50. The Morgan fingerprint density at radius 2 is 1.86 bits per heavy atom. The van der Waals surface area contributed by atoms with Gasteiger partial charge in [0.1, 0.15) is 11.4 Å². The van der Waals surface area contributed by atoms with Crippen molar-refractivity contribution >= 4 is 17.6 Å². The van der Waals surface area contributed by atoms with Crippen LogP contribution in [-0.4, -0.2) is 32.1 Å². The predicted octanol–water partition coefficient (Wildman–Crippen LogP) is 1.69. The fourth-order valence-electron chi connectivity index (χ4n) is 1.55. The third-order valence-electron chi connectivity index (χ3n) is 2.49. The molecule has 0 radical (unpaired) electrons. The third kappa shape index (κ3) is 5.56. The van der Waals surface area contributed by atoms with Crippen molar-refractivity contribution in [3.8, 4) is 5.75 Å². The van der Waals surface area contributed by atoms with Gasteiger partial charge in [-0.05, 0) is 38.1 Å². The van der Waals surface area contributed by atoms with E-state index in [-0.39, 0.29) is 11.6 Å². The molecule has 0 bridgehead atoms. The Kier molecular flexibility index (Phi) is 6.80. The van der Waals surface area contributed by atoms with Crippen LogP contribution in [0.4, 0.5) is 5.69 Å². The summed E-state index contributed by atoms with van der Waals surface area (Å²) in [5, 5.41) is 5.52. The number of methoxy groups -OCH3 is 1. The largest absolute Gasteiger partial charge is 0.494 e. The van der Waals surface area contributed by atoms with Crippen LogP contribution in [0.5, 0.6) is 5.75 Å². The second-order valence-corrected chi connectivity index (χ2v) is 4.02. The molecule has 0 saturated heterocycles. The summed E-state index contributed by atoms with van der Waals surface area (Å²) < 4.78 is 9.88. The van der Waals surface area contributed by atoms with Crippen LogP contribution in [0, 0.1) is 0 Å². The van der Waals surface area contributed by atoms with Crippen LogP contribution in [0.25, 0.3) is 0 Å². The van der Waals surface area contributed by atoms with Crippen molar-refractivity contribution in [3.63, 3.8) is 0 Å². The highest BCUT2D eigenvalue weighted by atomic mass is 16.5. The Bertz CT molecular complexity index is 509. The van der Waals surface area contributed by atoms with Crippen molar-refractivity contribution in [1.82, 2.24) is 5.32 Å². The average Bonchev–Trinajstić information content (AvgIpc) is 2.48. The van der Waals surface area contributed by atoms with Crippen molar-refractivity contribution in [1.29, 1.82) is 0 Å². The van der Waals surface area contributed by atoms with E-state index in [2.05, 4.69) is 15.4 Å². The molecule has 114 valence electrons. The molecule has 0 saturated carbocycles. The minimum absolute atomic E-state index is 0.118. The van der Waals surface area contributed by atoms with Gasteiger partial charge in [0, 0.05) is 12.2 Å². The highest BCUT2D eigenvalue weighted by molar-refractivity contribution is 6.01. The van der Waals surface area contributed by atoms with E-state index in [0.29, 0.717) is 18.8 Å².